The molecule has 0 spiro atoms. The number of hydrogen-bond acceptors (Lipinski definition) is 3. The van der Waals surface area contributed by atoms with E-state index in [1.54, 1.807) is 0 Å². The van der Waals surface area contributed by atoms with Crippen molar-refractivity contribution in [1.29, 1.82) is 0 Å². The summed E-state index contributed by atoms with van der Waals surface area (Å²) in [6.07, 6.45) is 19.7. The summed E-state index contributed by atoms with van der Waals surface area (Å²) in [5.74, 6) is 3.76. The topological polar surface area (TPSA) is 27.7 Å². The zero-order valence-electron chi connectivity index (χ0n) is 19.6. The fraction of sp³-hybridized carbons (Fsp3) is 1.00. The molecule has 3 nitrogen and oxygen atoms in total. The highest BCUT2D eigenvalue weighted by atomic mass is 16.7. The maximum absolute atomic E-state index is 6.15. The molecule has 0 radical (unpaired) electrons. The molecule has 3 fully saturated rings. The largest absolute Gasteiger partial charge is 0.376 e. The van der Waals surface area contributed by atoms with Crippen LogP contribution in [-0.4, -0.2) is 31.7 Å². The van der Waals surface area contributed by atoms with Crippen molar-refractivity contribution in [2.24, 2.45) is 23.7 Å². The van der Waals surface area contributed by atoms with Crippen LogP contribution in [0.2, 0.25) is 0 Å². The van der Waals surface area contributed by atoms with E-state index >= 15 is 0 Å². The van der Waals surface area contributed by atoms with Crippen molar-refractivity contribution in [2.45, 2.75) is 129 Å². The molecule has 0 N–H and O–H groups in total. The van der Waals surface area contributed by atoms with Gasteiger partial charge in [0, 0.05) is 0 Å². The van der Waals surface area contributed by atoms with Crippen molar-refractivity contribution in [3.63, 3.8) is 0 Å². The second-order valence-corrected chi connectivity index (χ2v) is 10.3. The van der Waals surface area contributed by atoms with E-state index in [0.29, 0.717) is 25.4 Å². The predicted molar refractivity (Wildman–Crippen MR) is 120 cm³/mol. The van der Waals surface area contributed by atoms with E-state index in [1.165, 1.54) is 89.9 Å². The lowest BCUT2D eigenvalue weighted by atomic mass is 9.73. The first-order valence-corrected chi connectivity index (χ1v) is 13.0. The van der Waals surface area contributed by atoms with Gasteiger partial charge in [-0.2, -0.15) is 0 Å². The minimum absolute atomic E-state index is 0.106. The Labute approximate surface area is 180 Å². The van der Waals surface area contributed by atoms with Gasteiger partial charge in [-0.15, -0.1) is 0 Å². The van der Waals surface area contributed by atoms with E-state index in [2.05, 4.69) is 20.8 Å². The molecule has 0 aromatic carbocycles. The van der Waals surface area contributed by atoms with Crippen molar-refractivity contribution >= 4 is 0 Å². The Kier molecular flexibility index (Phi) is 10.3. The molecule has 170 valence electrons. The first-order valence-electron chi connectivity index (χ1n) is 13.0. The fourth-order valence-electron chi connectivity index (χ4n) is 6.20. The van der Waals surface area contributed by atoms with Gasteiger partial charge in [0.15, 0.2) is 6.29 Å². The molecule has 0 saturated heterocycles. The molecule has 0 amide bonds. The quantitative estimate of drug-likeness (QED) is 0.284. The molecule has 3 aliphatic rings. The average molecular weight is 409 g/mol. The fourth-order valence-corrected chi connectivity index (χ4v) is 6.20. The second kappa shape index (κ2) is 12.7. The first-order chi connectivity index (χ1) is 14.2. The van der Waals surface area contributed by atoms with Crippen LogP contribution in [-0.2, 0) is 14.2 Å². The van der Waals surface area contributed by atoms with Crippen molar-refractivity contribution in [1.82, 2.24) is 0 Å². The SMILES string of the molecule is CCC(C)C1CCC(OC(C)OCCOC2CCC(C3CCCCC3)CC2)CC1. The molecule has 0 aromatic rings. The van der Waals surface area contributed by atoms with Crippen LogP contribution in [0.1, 0.15) is 111 Å². The summed E-state index contributed by atoms with van der Waals surface area (Å²) in [7, 11) is 0. The van der Waals surface area contributed by atoms with Gasteiger partial charge in [-0.05, 0) is 82.0 Å². The maximum Gasteiger partial charge on any atom is 0.155 e. The Morgan fingerprint density at radius 3 is 1.97 bits per heavy atom. The van der Waals surface area contributed by atoms with Crippen molar-refractivity contribution in [3.05, 3.63) is 0 Å². The van der Waals surface area contributed by atoms with E-state index in [-0.39, 0.29) is 6.29 Å². The molecule has 3 heteroatoms. The van der Waals surface area contributed by atoms with Crippen LogP contribution < -0.4 is 0 Å². The molecular formula is C26H48O3. The number of hydrogen-bond donors (Lipinski definition) is 0. The molecule has 29 heavy (non-hydrogen) atoms. The van der Waals surface area contributed by atoms with Crippen LogP contribution in [0, 0.1) is 23.7 Å². The van der Waals surface area contributed by atoms with Gasteiger partial charge in [-0.25, -0.2) is 0 Å². The average Bonchev–Trinajstić information content (AvgIpc) is 2.78. The summed E-state index contributed by atoms with van der Waals surface area (Å²) in [6, 6.07) is 0. The van der Waals surface area contributed by atoms with Gasteiger partial charge < -0.3 is 14.2 Å². The molecule has 0 aliphatic heterocycles. The molecule has 0 bridgehead atoms. The van der Waals surface area contributed by atoms with Crippen LogP contribution in [0.3, 0.4) is 0 Å². The van der Waals surface area contributed by atoms with Gasteiger partial charge >= 0.3 is 0 Å². The highest BCUT2D eigenvalue weighted by Gasteiger charge is 2.29. The Balaban J connectivity index is 1.20. The summed E-state index contributed by atoms with van der Waals surface area (Å²) in [6.45, 7) is 8.14. The number of rotatable bonds is 10. The van der Waals surface area contributed by atoms with Crippen molar-refractivity contribution < 1.29 is 14.2 Å². The first kappa shape index (κ1) is 23.5. The molecule has 2 atom stereocenters. The van der Waals surface area contributed by atoms with E-state index in [4.69, 9.17) is 14.2 Å². The summed E-state index contributed by atoms with van der Waals surface area (Å²) in [5.41, 5.74) is 0. The minimum atomic E-state index is -0.106. The zero-order valence-corrected chi connectivity index (χ0v) is 19.6. The van der Waals surface area contributed by atoms with Crippen molar-refractivity contribution in [3.8, 4) is 0 Å². The molecular weight excluding hydrogens is 360 g/mol. The summed E-state index contributed by atoms with van der Waals surface area (Å²) in [5, 5.41) is 0. The Bertz CT molecular complexity index is 418. The molecule has 3 rings (SSSR count). The molecule has 3 saturated carbocycles. The van der Waals surface area contributed by atoms with Gasteiger partial charge in [0.25, 0.3) is 0 Å². The molecule has 2 unspecified atom stereocenters. The summed E-state index contributed by atoms with van der Waals surface area (Å²) < 4.78 is 18.2. The van der Waals surface area contributed by atoms with E-state index < -0.39 is 0 Å². The Morgan fingerprint density at radius 1 is 0.690 bits per heavy atom. The minimum Gasteiger partial charge on any atom is -0.376 e. The van der Waals surface area contributed by atoms with Gasteiger partial charge in [-0.1, -0.05) is 52.4 Å². The third-order valence-electron chi connectivity index (χ3n) is 8.38. The lowest BCUT2D eigenvalue weighted by molar-refractivity contribution is -0.177. The second-order valence-electron chi connectivity index (χ2n) is 10.3. The van der Waals surface area contributed by atoms with E-state index in [1.807, 2.05) is 0 Å². The zero-order chi connectivity index (χ0) is 20.5. The van der Waals surface area contributed by atoms with Gasteiger partial charge in [0.05, 0.1) is 25.4 Å². The summed E-state index contributed by atoms with van der Waals surface area (Å²) in [4.78, 5) is 0. The Morgan fingerprint density at radius 2 is 1.31 bits per heavy atom. The molecule has 3 aliphatic carbocycles. The predicted octanol–water partition coefficient (Wildman–Crippen LogP) is 7.13. The number of ether oxygens (including phenoxy) is 3. The van der Waals surface area contributed by atoms with Crippen LogP contribution >= 0.6 is 0 Å². The van der Waals surface area contributed by atoms with Crippen molar-refractivity contribution in [2.75, 3.05) is 13.2 Å². The summed E-state index contributed by atoms with van der Waals surface area (Å²) >= 11 is 0. The van der Waals surface area contributed by atoms with E-state index in [0.717, 1.165) is 23.7 Å². The maximum atomic E-state index is 6.15. The van der Waals surface area contributed by atoms with Gasteiger partial charge in [0.2, 0.25) is 0 Å². The molecule has 0 aromatic heterocycles. The smallest absolute Gasteiger partial charge is 0.155 e. The van der Waals surface area contributed by atoms with Gasteiger partial charge in [0.1, 0.15) is 0 Å². The van der Waals surface area contributed by atoms with Crippen LogP contribution in [0.4, 0.5) is 0 Å². The van der Waals surface area contributed by atoms with E-state index in [9.17, 15) is 0 Å². The van der Waals surface area contributed by atoms with Crippen LogP contribution in [0.25, 0.3) is 0 Å². The lowest BCUT2D eigenvalue weighted by Gasteiger charge is -2.35. The standard InChI is InChI=1S/C26H48O3/c1-4-20(2)22-10-16-26(17-11-22)29-21(3)27-18-19-28-25-14-12-24(13-15-25)23-8-6-5-7-9-23/h20-26H,4-19H2,1-3H3. The normalized spacial score (nSPS) is 34.0. The lowest BCUT2D eigenvalue weighted by Crippen LogP contribution is -2.30. The van der Waals surface area contributed by atoms with Crippen LogP contribution in [0.5, 0.6) is 0 Å². The third kappa shape index (κ3) is 7.82. The van der Waals surface area contributed by atoms with Gasteiger partial charge in [-0.3, -0.25) is 0 Å². The third-order valence-corrected chi connectivity index (χ3v) is 8.38. The monoisotopic (exact) mass is 408 g/mol. The highest BCUT2D eigenvalue weighted by molar-refractivity contribution is 4.80. The Hall–Kier alpha value is -0.120. The highest BCUT2D eigenvalue weighted by Crippen LogP contribution is 2.39. The van der Waals surface area contributed by atoms with Crippen LogP contribution in [0.15, 0.2) is 0 Å². The molecule has 0 heterocycles.